The van der Waals surface area contributed by atoms with E-state index in [-0.39, 0.29) is 0 Å². The predicted octanol–water partition coefficient (Wildman–Crippen LogP) is 1.84. The average Bonchev–Trinajstić information content (AvgIpc) is 2.29. The smallest absolute Gasteiger partial charge is 0.128 e. The van der Waals surface area contributed by atoms with Gasteiger partial charge in [-0.05, 0) is 32.4 Å². The van der Waals surface area contributed by atoms with E-state index >= 15 is 0 Å². The molecular formula is C12H21N3O. The Morgan fingerprint density at radius 3 is 2.75 bits per heavy atom. The molecule has 0 aliphatic rings. The third kappa shape index (κ3) is 3.38. The Morgan fingerprint density at radius 1 is 1.44 bits per heavy atom. The van der Waals surface area contributed by atoms with Crippen molar-refractivity contribution < 1.29 is 4.74 Å². The molecule has 0 aliphatic heterocycles. The standard InChI is InChI=1S/C12H21N3O/c1-4-15(6-7-16-5-2)12-8-10(3)11(13)9-14-12/h8-9H,4-7,13H2,1-3H3. The Bertz CT molecular complexity index is 328. The number of nitrogens with two attached hydrogens (primary N) is 1. The number of ether oxygens (including phenoxy) is 1. The number of nitrogen functional groups attached to an aromatic ring is 1. The quantitative estimate of drug-likeness (QED) is 0.748. The van der Waals surface area contributed by atoms with Gasteiger partial charge in [0.05, 0.1) is 18.5 Å². The Hall–Kier alpha value is -1.29. The van der Waals surface area contributed by atoms with Crippen LogP contribution in [0.25, 0.3) is 0 Å². The molecule has 0 aromatic carbocycles. The molecular weight excluding hydrogens is 202 g/mol. The number of likely N-dealkylation sites (N-methyl/N-ethyl adjacent to an activating group) is 1. The van der Waals surface area contributed by atoms with E-state index in [2.05, 4.69) is 16.8 Å². The maximum atomic E-state index is 5.75. The van der Waals surface area contributed by atoms with Crippen LogP contribution in [0.3, 0.4) is 0 Å². The first-order valence-corrected chi connectivity index (χ1v) is 5.73. The van der Waals surface area contributed by atoms with Crippen molar-refractivity contribution in [3.63, 3.8) is 0 Å². The summed E-state index contributed by atoms with van der Waals surface area (Å²) >= 11 is 0. The minimum Gasteiger partial charge on any atom is -0.397 e. The molecule has 90 valence electrons. The van der Waals surface area contributed by atoms with Crippen molar-refractivity contribution >= 4 is 11.5 Å². The van der Waals surface area contributed by atoms with Crippen molar-refractivity contribution in [2.24, 2.45) is 0 Å². The van der Waals surface area contributed by atoms with Crippen molar-refractivity contribution in [2.75, 3.05) is 36.9 Å². The van der Waals surface area contributed by atoms with Gasteiger partial charge in [0.25, 0.3) is 0 Å². The highest BCUT2D eigenvalue weighted by Gasteiger charge is 2.06. The lowest BCUT2D eigenvalue weighted by atomic mass is 10.2. The summed E-state index contributed by atoms with van der Waals surface area (Å²) < 4.78 is 5.35. The van der Waals surface area contributed by atoms with Gasteiger partial charge in [-0.1, -0.05) is 0 Å². The summed E-state index contributed by atoms with van der Waals surface area (Å²) in [7, 11) is 0. The van der Waals surface area contributed by atoms with Crippen molar-refractivity contribution in [1.29, 1.82) is 0 Å². The highest BCUT2D eigenvalue weighted by atomic mass is 16.5. The summed E-state index contributed by atoms with van der Waals surface area (Å²) in [6.45, 7) is 9.38. The van der Waals surface area contributed by atoms with Gasteiger partial charge in [-0.2, -0.15) is 0 Å². The topological polar surface area (TPSA) is 51.4 Å². The summed E-state index contributed by atoms with van der Waals surface area (Å²) in [6.07, 6.45) is 1.72. The Balaban J connectivity index is 2.67. The third-order valence-electron chi connectivity index (χ3n) is 2.55. The second-order valence-electron chi connectivity index (χ2n) is 3.68. The fourth-order valence-corrected chi connectivity index (χ4v) is 1.48. The van der Waals surface area contributed by atoms with Crippen molar-refractivity contribution in [3.05, 3.63) is 17.8 Å². The predicted molar refractivity (Wildman–Crippen MR) is 67.8 cm³/mol. The molecule has 0 spiro atoms. The van der Waals surface area contributed by atoms with Crippen LogP contribution in [0.4, 0.5) is 11.5 Å². The van der Waals surface area contributed by atoms with Crippen LogP contribution in [0.2, 0.25) is 0 Å². The highest BCUT2D eigenvalue weighted by molar-refractivity contribution is 5.52. The normalized spacial score (nSPS) is 10.4. The summed E-state index contributed by atoms with van der Waals surface area (Å²) in [4.78, 5) is 6.52. The number of aryl methyl sites for hydroxylation is 1. The highest BCUT2D eigenvalue weighted by Crippen LogP contribution is 2.16. The first-order chi connectivity index (χ1) is 7.69. The van der Waals surface area contributed by atoms with Crippen molar-refractivity contribution in [1.82, 2.24) is 4.98 Å². The van der Waals surface area contributed by atoms with E-state index in [0.29, 0.717) is 0 Å². The molecule has 0 aliphatic carbocycles. The number of pyridine rings is 1. The minimum atomic E-state index is 0.732. The van der Waals surface area contributed by atoms with Gasteiger partial charge >= 0.3 is 0 Å². The molecule has 1 heterocycles. The van der Waals surface area contributed by atoms with Crippen molar-refractivity contribution in [3.8, 4) is 0 Å². The van der Waals surface area contributed by atoms with E-state index in [1.54, 1.807) is 6.20 Å². The molecule has 1 aromatic rings. The first-order valence-electron chi connectivity index (χ1n) is 5.73. The lowest BCUT2D eigenvalue weighted by molar-refractivity contribution is 0.154. The zero-order valence-electron chi connectivity index (χ0n) is 10.4. The van der Waals surface area contributed by atoms with Crippen LogP contribution in [0, 0.1) is 6.92 Å². The van der Waals surface area contributed by atoms with Crippen LogP contribution in [0.1, 0.15) is 19.4 Å². The van der Waals surface area contributed by atoms with Gasteiger partial charge in [0.1, 0.15) is 5.82 Å². The summed E-state index contributed by atoms with van der Waals surface area (Å²) in [6, 6.07) is 2.02. The van der Waals surface area contributed by atoms with Crippen LogP contribution in [-0.2, 0) is 4.74 Å². The number of aromatic nitrogens is 1. The molecule has 0 amide bonds. The first kappa shape index (κ1) is 12.8. The molecule has 0 unspecified atom stereocenters. The van der Waals surface area contributed by atoms with Crippen LogP contribution in [0.15, 0.2) is 12.3 Å². The minimum absolute atomic E-state index is 0.732. The van der Waals surface area contributed by atoms with Crippen LogP contribution in [-0.4, -0.2) is 31.3 Å². The van der Waals surface area contributed by atoms with E-state index in [1.807, 2.05) is 19.9 Å². The molecule has 4 heteroatoms. The molecule has 0 saturated carbocycles. The number of hydrogen-bond acceptors (Lipinski definition) is 4. The van der Waals surface area contributed by atoms with Gasteiger partial charge in [-0.15, -0.1) is 0 Å². The maximum Gasteiger partial charge on any atom is 0.128 e. The number of rotatable bonds is 6. The molecule has 16 heavy (non-hydrogen) atoms. The van der Waals surface area contributed by atoms with Gasteiger partial charge in [-0.25, -0.2) is 4.98 Å². The summed E-state index contributed by atoms with van der Waals surface area (Å²) in [5.74, 6) is 0.967. The molecule has 4 nitrogen and oxygen atoms in total. The molecule has 0 saturated heterocycles. The Kier molecular flexibility index (Phi) is 5.05. The largest absolute Gasteiger partial charge is 0.397 e. The Labute approximate surface area is 97.4 Å². The number of nitrogens with zero attached hydrogens (tertiary/aromatic N) is 2. The molecule has 0 atom stereocenters. The molecule has 0 bridgehead atoms. The molecule has 0 fully saturated rings. The lowest BCUT2D eigenvalue weighted by Gasteiger charge is -2.22. The van der Waals surface area contributed by atoms with Crippen LogP contribution < -0.4 is 10.6 Å². The Morgan fingerprint density at radius 2 is 2.19 bits per heavy atom. The summed E-state index contributed by atoms with van der Waals surface area (Å²) in [5.41, 5.74) is 7.56. The third-order valence-corrected chi connectivity index (χ3v) is 2.55. The van der Waals surface area contributed by atoms with Gasteiger partial charge < -0.3 is 15.4 Å². The fourth-order valence-electron chi connectivity index (χ4n) is 1.48. The van der Waals surface area contributed by atoms with E-state index < -0.39 is 0 Å². The van der Waals surface area contributed by atoms with Crippen LogP contribution in [0.5, 0.6) is 0 Å². The number of anilines is 2. The SMILES string of the molecule is CCOCCN(CC)c1cc(C)c(N)cn1. The monoisotopic (exact) mass is 223 g/mol. The zero-order valence-corrected chi connectivity index (χ0v) is 10.4. The molecule has 1 rings (SSSR count). The van der Waals surface area contributed by atoms with Gasteiger partial charge in [0.2, 0.25) is 0 Å². The summed E-state index contributed by atoms with van der Waals surface area (Å²) in [5, 5.41) is 0. The lowest BCUT2D eigenvalue weighted by Crippen LogP contribution is -2.28. The second-order valence-corrected chi connectivity index (χ2v) is 3.68. The van der Waals surface area contributed by atoms with Crippen LogP contribution >= 0.6 is 0 Å². The van der Waals surface area contributed by atoms with E-state index in [1.165, 1.54) is 0 Å². The van der Waals surface area contributed by atoms with Gasteiger partial charge in [-0.3, -0.25) is 0 Å². The second kappa shape index (κ2) is 6.33. The van der Waals surface area contributed by atoms with Crippen molar-refractivity contribution in [2.45, 2.75) is 20.8 Å². The van der Waals surface area contributed by atoms with Gasteiger partial charge in [0, 0.05) is 19.7 Å². The molecule has 1 aromatic heterocycles. The van der Waals surface area contributed by atoms with E-state index in [0.717, 1.165) is 43.4 Å². The maximum absolute atomic E-state index is 5.75. The zero-order chi connectivity index (χ0) is 12.0. The molecule has 2 N–H and O–H groups in total. The number of hydrogen-bond donors (Lipinski definition) is 1. The molecule has 0 radical (unpaired) electrons. The van der Waals surface area contributed by atoms with Gasteiger partial charge in [0.15, 0.2) is 0 Å². The van der Waals surface area contributed by atoms with E-state index in [4.69, 9.17) is 10.5 Å². The fraction of sp³-hybridized carbons (Fsp3) is 0.583. The van der Waals surface area contributed by atoms with E-state index in [9.17, 15) is 0 Å². The average molecular weight is 223 g/mol.